The largest absolute Gasteiger partial charge is 0.381 e. The van der Waals surface area contributed by atoms with Crippen molar-refractivity contribution >= 4 is 0 Å². The van der Waals surface area contributed by atoms with Gasteiger partial charge in [0.05, 0.1) is 6.61 Å². The van der Waals surface area contributed by atoms with Gasteiger partial charge >= 0.3 is 0 Å². The molecule has 19 heavy (non-hydrogen) atoms. The van der Waals surface area contributed by atoms with E-state index in [-0.39, 0.29) is 0 Å². The van der Waals surface area contributed by atoms with Gasteiger partial charge in [-0.3, -0.25) is 0 Å². The third kappa shape index (κ3) is 5.80. The SMILES string of the molecule is CCCC(C)N(C)CC1(CNC(C)C)CCCOC1. The van der Waals surface area contributed by atoms with Crippen molar-refractivity contribution < 1.29 is 4.74 Å². The summed E-state index contributed by atoms with van der Waals surface area (Å²) in [6, 6.07) is 1.22. The van der Waals surface area contributed by atoms with Gasteiger partial charge in [-0.05, 0) is 33.2 Å². The molecule has 1 saturated heterocycles. The smallest absolute Gasteiger partial charge is 0.0546 e. The Morgan fingerprint density at radius 1 is 1.32 bits per heavy atom. The number of ether oxygens (including phenoxy) is 1. The van der Waals surface area contributed by atoms with Gasteiger partial charge in [0.2, 0.25) is 0 Å². The van der Waals surface area contributed by atoms with E-state index in [1.54, 1.807) is 0 Å². The van der Waals surface area contributed by atoms with Gasteiger partial charge in [0, 0.05) is 37.2 Å². The number of hydrogen-bond donors (Lipinski definition) is 1. The van der Waals surface area contributed by atoms with Crippen LogP contribution in [0.25, 0.3) is 0 Å². The van der Waals surface area contributed by atoms with Crippen LogP contribution in [0.4, 0.5) is 0 Å². The summed E-state index contributed by atoms with van der Waals surface area (Å²) in [5, 5.41) is 3.63. The molecule has 1 aliphatic rings. The first-order valence-electron chi connectivity index (χ1n) is 8.00. The Balaban J connectivity index is 2.57. The van der Waals surface area contributed by atoms with E-state index in [0.29, 0.717) is 17.5 Å². The predicted octanol–water partition coefficient (Wildman–Crippen LogP) is 2.90. The fraction of sp³-hybridized carbons (Fsp3) is 1.00. The molecule has 0 aromatic rings. The molecule has 0 aromatic carbocycles. The van der Waals surface area contributed by atoms with Crippen LogP contribution in [0, 0.1) is 5.41 Å². The molecular weight excluding hydrogens is 236 g/mol. The molecule has 1 aliphatic heterocycles. The number of hydrogen-bond acceptors (Lipinski definition) is 3. The highest BCUT2D eigenvalue weighted by Crippen LogP contribution is 2.30. The van der Waals surface area contributed by atoms with E-state index in [4.69, 9.17) is 4.74 Å². The zero-order valence-electron chi connectivity index (χ0n) is 13.7. The predicted molar refractivity (Wildman–Crippen MR) is 82.6 cm³/mol. The summed E-state index contributed by atoms with van der Waals surface area (Å²) in [6.07, 6.45) is 5.04. The highest BCUT2D eigenvalue weighted by atomic mass is 16.5. The highest BCUT2D eigenvalue weighted by Gasteiger charge is 2.34. The van der Waals surface area contributed by atoms with Crippen LogP contribution in [0.1, 0.15) is 53.4 Å². The zero-order valence-corrected chi connectivity index (χ0v) is 13.7. The van der Waals surface area contributed by atoms with Crippen molar-refractivity contribution in [2.24, 2.45) is 5.41 Å². The van der Waals surface area contributed by atoms with Crippen LogP contribution in [-0.4, -0.2) is 50.3 Å². The fourth-order valence-electron chi connectivity index (χ4n) is 2.97. The van der Waals surface area contributed by atoms with Crippen molar-refractivity contribution in [3.8, 4) is 0 Å². The Morgan fingerprint density at radius 2 is 2.05 bits per heavy atom. The van der Waals surface area contributed by atoms with E-state index in [2.05, 4.69) is 45.0 Å². The van der Waals surface area contributed by atoms with Crippen molar-refractivity contribution in [3.05, 3.63) is 0 Å². The number of nitrogens with one attached hydrogen (secondary N) is 1. The molecule has 0 spiro atoms. The molecule has 0 radical (unpaired) electrons. The van der Waals surface area contributed by atoms with E-state index in [1.807, 2.05) is 0 Å². The van der Waals surface area contributed by atoms with E-state index in [9.17, 15) is 0 Å². The molecule has 0 bridgehead atoms. The fourth-order valence-corrected chi connectivity index (χ4v) is 2.97. The Kier molecular flexibility index (Phi) is 7.33. The minimum absolute atomic E-state index is 0.305. The molecule has 0 amide bonds. The molecule has 1 heterocycles. The van der Waals surface area contributed by atoms with Crippen molar-refractivity contribution in [2.75, 3.05) is 33.4 Å². The first-order chi connectivity index (χ1) is 8.99. The van der Waals surface area contributed by atoms with Crippen molar-refractivity contribution in [3.63, 3.8) is 0 Å². The molecule has 1 rings (SSSR count). The monoisotopic (exact) mass is 270 g/mol. The molecule has 0 aromatic heterocycles. The van der Waals surface area contributed by atoms with Crippen LogP contribution in [-0.2, 0) is 4.74 Å². The van der Waals surface area contributed by atoms with Crippen LogP contribution in [0.5, 0.6) is 0 Å². The normalized spacial score (nSPS) is 26.1. The Hall–Kier alpha value is -0.120. The second-order valence-electron chi connectivity index (χ2n) is 6.74. The lowest BCUT2D eigenvalue weighted by atomic mass is 9.81. The first kappa shape index (κ1) is 16.9. The Morgan fingerprint density at radius 3 is 2.58 bits per heavy atom. The third-order valence-electron chi connectivity index (χ3n) is 4.33. The van der Waals surface area contributed by atoms with Crippen molar-refractivity contribution in [1.82, 2.24) is 10.2 Å². The summed E-state index contributed by atoms with van der Waals surface area (Å²) in [5.41, 5.74) is 0.305. The zero-order chi connectivity index (χ0) is 14.3. The standard InChI is InChI=1S/C16H34N2O/c1-6-8-15(4)18(5)12-16(11-17-14(2)3)9-7-10-19-13-16/h14-15,17H,6-13H2,1-5H3. The minimum atomic E-state index is 0.305. The summed E-state index contributed by atoms with van der Waals surface area (Å²) >= 11 is 0. The molecule has 0 saturated carbocycles. The summed E-state index contributed by atoms with van der Waals surface area (Å²) in [5.74, 6) is 0. The Bertz CT molecular complexity index is 237. The maximum absolute atomic E-state index is 5.79. The van der Waals surface area contributed by atoms with E-state index in [0.717, 1.165) is 26.3 Å². The van der Waals surface area contributed by atoms with Crippen molar-refractivity contribution in [1.29, 1.82) is 0 Å². The molecule has 2 atom stereocenters. The van der Waals surface area contributed by atoms with Crippen LogP contribution < -0.4 is 5.32 Å². The summed E-state index contributed by atoms with van der Waals surface area (Å²) in [6.45, 7) is 13.1. The van der Waals surface area contributed by atoms with Crippen LogP contribution in [0.3, 0.4) is 0 Å². The van der Waals surface area contributed by atoms with Crippen LogP contribution >= 0.6 is 0 Å². The molecule has 1 fully saturated rings. The second-order valence-corrected chi connectivity index (χ2v) is 6.74. The molecule has 3 nitrogen and oxygen atoms in total. The molecule has 3 heteroatoms. The maximum Gasteiger partial charge on any atom is 0.0546 e. The van der Waals surface area contributed by atoms with E-state index in [1.165, 1.54) is 25.7 Å². The van der Waals surface area contributed by atoms with Gasteiger partial charge in [-0.15, -0.1) is 0 Å². The first-order valence-corrected chi connectivity index (χ1v) is 8.00. The second kappa shape index (κ2) is 8.23. The van der Waals surface area contributed by atoms with Gasteiger partial charge in [-0.2, -0.15) is 0 Å². The average molecular weight is 270 g/mol. The molecule has 1 N–H and O–H groups in total. The molecule has 114 valence electrons. The van der Waals surface area contributed by atoms with Gasteiger partial charge < -0.3 is 15.0 Å². The topological polar surface area (TPSA) is 24.5 Å². The molecule has 2 unspecified atom stereocenters. The lowest BCUT2D eigenvalue weighted by Gasteiger charge is -2.42. The highest BCUT2D eigenvalue weighted by molar-refractivity contribution is 4.88. The summed E-state index contributed by atoms with van der Waals surface area (Å²) < 4.78 is 5.79. The van der Waals surface area contributed by atoms with Crippen molar-refractivity contribution in [2.45, 2.75) is 65.5 Å². The number of rotatable bonds is 8. The Labute approximate surface area is 120 Å². The minimum Gasteiger partial charge on any atom is -0.381 e. The van der Waals surface area contributed by atoms with E-state index >= 15 is 0 Å². The summed E-state index contributed by atoms with van der Waals surface area (Å²) in [4.78, 5) is 2.53. The van der Waals surface area contributed by atoms with Crippen LogP contribution in [0.15, 0.2) is 0 Å². The summed E-state index contributed by atoms with van der Waals surface area (Å²) in [7, 11) is 2.27. The molecular formula is C16H34N2O. The number of nitrogens with zero attached hydrogens (tertiary/aromatic N) is 1. The lowest BCUT2D eigenvalue weighted by molar-refractivity contribution is -0.0285. The lowest BCUT2D eigenvalue weighted by Crippen LogP contribution is -2.50. The maximum atomic E-state index is 5.79. The van der Waals surface area contributed by atoms with E-state index < -0.39 is 0 Å². The van der Waals surface area contributed by atoms with Gasteiger partial charge in [-0.1, -0.05) is 27.2 Å². The third-order valence-corrected chi connectivity index (χ3v) is 4.33. The van der Waals surface area contributed by atoms with Gasteiger partial charge in [-0.25, -0.2) is 0 Å². The van der Waals surface area contributed by atoms with Gasteiger partial charge in [0.1, 0.15) is 0 Å². The quantitative estimate of drug-likeness (QED) is 0.734. The van der Waals surface area contributed by atoms with Gasteiger partial charge in [0.15, 0.2) is 0 Å². The molecule has 0 aliphatic carbocycles. The van der Waals surface area contributed by atoms with Crippen LogP contribution in [0.2, 0.25) is 0 Å². The average Bonchev–Trinajstić information content (AvgIpc) is 2.38. The van der Waals surface area contributed by atoms with Gasteiger partial charge in [0.25, 0.3) is 0 Å².